The molecule has 2 heteroatoms. The van der Waals surface area contributed by atoms with Gasteiger partial charge in [-0.15, -0.1) is 0 Å². The Bertz CT molecular complexity index is 305. The van der Waals surface area contributed by atoms with Gasteiger partial charge in [0.1, 0.15) is 5.75 Å². The molecule has 1 fully saturated rings. The predicted molar refractivity (Wildman–Crippen MR) is 57.5 cm³/mol. The van der Waals surface area contributed by atoms with Crippen LogP contribution in [0.15, 0.2) is 24.3 Å². The molecule has 0 saturated heterocycles. The third-order valence-corrected chi connectivity index (χ3v) is 2.52. The summed E-state index contributed by atoms with van der Waals surface area (Å²) in [5, 5.41) is 0. The van der Waals surface area contributed by atoms with Crippen LogP contribution >= 0.6 is 0 Å². The summed E-state index contributed by atoms with van der Waals surface area (Å²) >= 11 is 0. The van der Waals surface area contributed by atoms with Crippen LogP contribution in [0.2, 0.25) is 0 Å². The van der Waals surface area contributed by atoms with Crippen molar-refractivity contribution in [1.82, 2.24) is 0 Å². The van der Waals surface area contributed by atoms with Gasteiger partial charge in [-0.25, -0.2) is 0 Å². The molecule has 0 heterocycles. The van der Waals surface area contributed by atoms with Crippen molar-refractivity contribution >= 4 is 0 Å². The second-order valence-corrected chi connectivity index (χ2v) is 4.24. The zero-order valence-corrected chi connectivity index (χ0v) is 8.73. The summed E-state index contributed by atoms with van der Waals surface area (Å²) in [6.45, 7) is 4.06. The first kappa shape index (κ1) is 9.53. The summed E-state index contributed by atoms with van der Waals surface area (Å²) in [5.74, 6) is 1.53. The number of hydrogen-bond donors (Lipinski definition) is 1. The minimum absolute atomic E-state index is 0.240. The molecule has 1 aromatic carbocycles. The van der Waals surface area contributed by atoms with Crippen LogP contribution in [0.5, 0.6) is 5.75 Å². The molecule has 0 aliphatic heterocycles. The molecule has 1 unspecified atom stereocenters. The maximum absolute atomic E-state index is 5.79. The maximum atomic E-state index is 5.79. The van der Waals surface area contributed by atoms with E-state index in [1.165, 1.54) is 5.56 Å². The first-order valence-electron chi connectivity index (χ1n) is 5.19. The van der Waals surface area contributed by atoms with Gasteiger partial charge in [-0.05, 0) is 38.0 Å². The maximum Gasteiger partial charge on any atom is 0.119 e. The second-order valence-electron chi connectivity index (χ2n) is 4.24. The molecule has 2 nitrogen and oxygen atoms in total. The lowest BCUT2D eigenvalue weighted by molar-refractivity contribution is 0.242. The fourth-order valence-electron chi connectivity index (χ4n) is 1.66. The molecule has 0 amide bonds. The Labute approximate surface area is 85.1 Å². The van der Waals surface area contributed by atoms with Crippen LogP contribution < -0.4 is 10.5 Å². The van der Waals surface area contributed by atoms with E-state index in [9.17, 15) is 0 Å². The van der Waals surface area contributed by atoms with E-state index < -0.39 is 0 Å². The SMILES string of the molecule is CC(C)Oc1ccc(C2C[C@H]2N)cc1. The van der Waals surface area contributed by atoms with E-state index in [0.29, 0.717) is 12.0 Å². The van der Waals surface area contributed by atoms with E-state index >= 15 is 0 Å². The number of benzene rings is 1. The van der Waals surface area contributed by atoms with E-state index in [1.807, 2.05) is 26.0 Å². The number of rotatable bonds is 3. The van der Waals surface area contributed by atoms with Crippen molar-refractivity contribution in [3.63, 3.8) is 0 Å². The summed E-state index contributed by atoms with van der Waals surface area (Å²) in [7, 11) is 0. The summed E-state index contributed by atoms with van der Waals surface area (Å²) in [6.07, 6.45) is 1.37. The van der Waals surface area contributed by atoms with E-state index in [-0.39, 0.29) is 6.10 Å². The molecule has 1 saturated carbocycles. The average molecular weight is 191 g/mol. The molecule has 76 valence electrons. The Morgan fingerprint density at radius 2 is 1.86 bits per heavy atom. The monoisotopic (exact) mass is 191 g/mol. The first-order valence-corrected chi connectivity index (χ1v) is 5.19. The lowest BCUT2D eigenvalue weighted by atomic mass is 10.1. The van der Waals surface area contributed by atoms with Crippen molar-refractivity contribution in [2.24, 2.45) is 5.73 Å². The van der Waals surface area contributed by atoms with Crippen LogP contribution in [0.1, 0.15) is 31.7 Å². The van der Waals surface area contributed by atoms with Gasteiger partial charge in [-0.2, -0.15) is 0 Å². The van der Waals surface area contributed by atoms with Crippen molar-refractivity contribution in [2.45, 2.75) is 38.3 Å². The minimum atomic E-state index is 0.240. The summed E-state index contributed by atoms with van der Waals surface area (Å²) in [5.41, 5.74) is 7.13. The van der Waals surface area contributed by atoms with Gasteiger partial charge >= 0.3 is 0 Å². The molecule has 2 N–H and O–H groups in total. The van der Waals surface area contributed by atoms with E-state index in [2.05, 4.69) is 12.1 Å². The topological polar surface area (TPSA) is 35.2 Å². The predicted octanol–water partition coefficient (Wildman–Crippen LogP) is 2.29. The number of nitrogens with two attached hydrogens (primary N) is 1. The molecule has 0 radical (unpaired) electrons. The molecule has 1 aromatic rings. The molecule has 0 bridgehead atoms. The van der Waals surface area contributed by atoms with Gasteiger partial charge < -0.3 is 10.5 Å². The van der Waals surface area contributed by atoms with Crippen LogP contribution in [0, 0.1) is 0 Å². The van der Waals surface area contributed by atoms with Gasteiger partial charge in [-0.3, -0.25) is 0 Å². The fourth-order valence-corrected chi connectivity index (χ4v) is 1.66. The van der Waals surface area contributed by atoms with Gasteiger partial charge in [0.15, 0.2) is 0 Å². The van der Waals surface area contributed by atoms with Crippen molar-refractivity contribution in [1.29, 1.82) is 0 Å². The van der Waals surface area contributed by atoms with Gasteiger partial charge in [-0.1, -0.05) is 12.1 Å². The highest BCUT2D eigenvalue weighted by Crippen LogP contribution is 2.39. The summed E-state index contributed by atoms with van der Waals surface area (Å²) in [4.78, 5) is 0. The van der Waals surface area contributed by atoms with Gasteiger partial charge in [0, 0.05) is 12.0 Å². The van der Waals surface area contributed by atoms with Crippen molar-refractivity contribution in [3.8, 4) is 5.75 Å². The highest BCUT2D eigenvalue weighted by Gasteiger charge is 2.34. The van der Waals surface area contributed by atoms with Crippen LogP contribution in [-0.2, 0) is 0 Å². The quantitative estimate of drug-likeness (QED) is 0.795. The summed E-state index contributed by atoms with van der Waals surface area (Å²) < 4.78 is 5.56. The molecule has 0 spiro atoms. The Kier molecular flexibility index (Phi) is 2.46. The number of hydrogen-bond acceptors (Lipinski definition) is 2. The largest absolute Gasteiger partial charge is 0.491 e. The molecule has 2 rings (SSSR count). The molecule has 0 aromatic heterocycles. The lowest BCUT2D eigenvalue weighted by Gasteiger charge is -2.09. The van der Waals surface area contributed by atoms with Gasteiger partial charge in [0.2, 0.25) is 0 Å². The standard InChI is InChI=1S/C12H17NO/c1-8(2)14-10-5-3-9(4-6-10)11-7-12(11)13/h3-6,8,11-12H,7,13H2,1-2H3/t11?,12-/m1/s1. The van der Waals surface area contributed by atoms with Crippen LogP contribution in [-0.4, -0.2) is 12.1 Å². The number of ether oxygens (including phenoxy) is 1. The van der Waals surface area contributed by atoms with Crippen molar-refractivity contribution in [2.75, 3.05) is 0 Å². The van der Waals surface area contributed by atoms with Gasteiger partial charge in [0.05, 0.1) is 6.10 Å². The molecular formula is C12H17NO. The Hall–Kier alpha value is -1.02. The molecule has 2 atom stereocenters. The lowest BCUT2D eigenvalue weighted by Crippen LogP contribution is -2.05. The van der Waals surface area contributed by atoms with E-state index in [0.717, 1.165) is 12.2 Å². The first-order chi connectivity index (χ1) is 6.66. The third kappa shape index (κ3) is 2.07. The average Bonchev–Trinajstić information content (AvgIpc) is 2.83. The Morgan fingerprint density at radius 1 is 1.29 bits per heavy atom. The van der Waals surface area contributed by atoms with E-state index in [1.54, 1.807) is 0 Å². The molecule has 1 aliphatic carbocycles. The fraction of sp³-hybridized carbons (Fsp3) is 0.500. The molecule has 14 heavy (non-hydrogen) atoms. The highest BCUT2D eigenvalue weighted by atomic mass is 16.5. The summed E-state index contributed by atoms with van der Waals surface area (Å²) in [6, 6.07) is 8.68. The second kappa shape index (κ2) is 3.62. The normalized spacial score (nSPS) is 25.1. The molecule has 1 aliphatic rings. The van der Waals surface area contributed by atoms with Gasteiger partial charge in [0.25, 0.3) is 0 Å². The van der Waals surface area contributed by atoms with Crippen LogP contribution in [0.4, 0.5) is 0 Å². The van der Waals surface area contributed by atoms with E-state index in [4.69, 9.17) is 10.5 Å². The Morgan fingerprint density at radius 3 is 2.29 bits per heavy atom. The zero-order chi connectivity index (χ0) is 10.1. The smallest absolute Gasteiger partial charge is 0.119 e. The molecular weight excluding hydrogens is 174 g/mol. The van der Waals surface area contributed by atoms with Crippen molar-refractivity contribution < 1.29 is 4.74 Å². The Balaban J connectivity index is 2.03. The third-order valence-electron chi connectivity index (χ3n) is 2.52. The highest BCUT2D eigenvalue weighted by molar-refractivity contribution is 5.33. The van der Waals surface area contributed by atoms with Crippen molar-refractivity contribution in [3.05, 3.63) is 29.8 Å². The zero-order valence-electron chi connectivity index (χ0n) is 8.73. The van der Waals surface area contributed by atoms with Crippen LogP contribution in [0.25, 0.3) is 0 Å². The minimum Gasteiger partial charge on any atom is -0.491 e. The van der Waals surface area contributed by atoms with Crippen LogP contribution in [0.3, 0.4) is 0 Å².